The van der Waals surface area contributed by atoms with Crippen molar-refractivity contribution in [3.63, 3.8) is 0 Å². The number of benzene rings is 2. The standard InChI is InChI=1S/C21H20O6/c1-3-24-19(22)17-18(20(23)25-4-2)27-21(26-17)15-11-7-5-9-13(15)14-10-6-8-12-16(14)21/h5-12,17-18H,3-4H2,1-2H3. The smallest absolute Gasteiger partial charge is 0.338 e. The molecule has 1 aliphatic heterocycles. The van der Waals surface area contributed by atoms with Gasteiger partial charge in [-0.3, -0.25) is 0 Å². The number of hydrogen-bond donors (Lipinski definition) is 0. The number of ether oxygens (including phenoxy) is 4. The molecule has 0 saturated carbocycles. The summed E-state index contributed by atoms with van der Waals surface area (Å²) in [5, 5.41) is 0. The van der Waals surface area contributed by atoms with E-state index in [2.05, 4.69) is 0 Å². The average molecular weight is 368 g/mol. The molecule has 2 aromatic rings. The van der Waals surface area contributed by atoms with Gasteiger partial charge in [0.25, 0.3) is 0 Å². The summed E-state index contributed by atoms with van der Waals surface area (Å²) in [6.07, 6.45) is -2.41. The van der Waals surface area contributed by atoms with Gasteiger partial charge in [-0.05, 0) is 25.0 Å². The van der Waals surface area contributed by atoms with Crippen molar-refractivity contribution in [2.75, 3.05) is 13.2 Å². The van der Waals surface area contributed by atoms with Crippen LogP contribution in [0, 0.1) is 0 Å². The number of hydrogen-bond acceptors (Lipinski definition) is 6. The number of esters is 2. The second kappa shape index (κ2) is 6.79. The highest BCUT2D eigenvalue weighted by Gasteiger charge is 2.59. The highest BCUT2D eigenvalue weighted by atomic mass is 16.8. The lowest BCUT2D eigenvalue weighted by Gasteiger charge is -2.25. The van der Waals surface area contributed by atoms with E-state index in [1.165, 1.54) is 0 Å². The maximum absolute atomic E-state index is 12.5. The number of carbonyl (C=O) groups excluding carboxylic acids is 2. The molecule has 140 valence electrons. The summed E-state index contributed by atoms with van der Waals surface area (Å²) in [7, 11) is 0. The SMILES string of the molecule is CCOC(=O)C1OC2(OC1C(=O)OCC)c1ccccc1-c1ccccc12. The van der Waals surface area contributed by atoms with Gasteiger partial charge in [-0.2, -0.15) is 0 Å². The third kappa shape index (κ3) is 2.64. The van der Waals surface area contributed by atoms with Gasteiger partial charge in [0.1, 0.15) is 0 Å². The summed E-state index contributed by atoms with van der Waals surface area (Å²) in [6.45, 7) is 3.74. The van der Waals surface area contributed by atoms with Crippen LogP contribution in [0.15, 0.2) is 48.5 Å². The van der Waals surface area contributed by atoms with Gasteiger partial charge < -0.3 is 18.9 Å². The largest absolute Gasteiger partial charge is 0.464 e. The van der Waals surface area contributed by atoms with Crippen LogP contribution in [-0.4, -0.2) is 37.4 Å². The second-order valence-electron chi connectivity index (χ2n) is 6.29. The van der Waals surface area contributed by atoms with Crippen LogP contribution in [0.25, 0.3) is 11.1 Å². The maximum atomic E-state index is 12.5. The van der Waals surface area contributed by atoms with Crippen LogP contribution < -0.4 is 0 Å². The molecule has 1 fully saturated rings. The summed E-state index contributed by atoms with van der Waals surface area (Å²) in [4.78, 5) is 25.0. The van der Waals surface area contributed by atoms with E-state index < -0.39 is 29.9 Å². The highest BCUT2D eigenvalue weighted by Crippen LogP contribution is 2.54. The first kappa shape index (κ1) is 17.7. The van der Waals surface area contributed by atoms with Gasteiger partial charge in [0.2, 0.25) is 5.79 Å². The van der Waals surface area contributed by atoms with Crippen molar-refractivity contribution in [2.24, 2.45) is 0 Å². The average Bonchev–Trinajstić information content (AvgIpc) is 3.22. The van der Waals surface area contributed by atoms with Crippen molar-refractivity contribution in [1.82, 2.24) is 0 Å². The van der Waals surface area contributed by atoms with Crippen molar-refractivity contribution in [1.29, 1.82) is 0 Å². The van der Waals surface area contributed by atoms with Crippen LogP contribution in [0.5, 0.6) is 0 Å². The second-order valence-corrected chi connectivity index (χ2v) is 6.29. The molecule has 2 aliphatic rings. The fraction of sp³-hybridized carbons (Fsp3) is 0.333. The molecule has 0 radical (unpaired) electrons. The Hall–Kier alpha value is -2.70. The van der Waals surface area contributed by atoms with Crippen LogP contribution in [0.4, 0.5) is 0 Å². The Kier molecular flexibility index (Phi) is 4.45. The van der Waals surface area contributed by atoms with Crippen molar-refractivity contribution >= 4 is 11.9 Å². The Morgan fingerprint density at radius 3 is 1.63 bits per heavy atom. The van der Waals surface area contributed by atoms with Gasteiger partial charge in [-0.1, -0.05) is 48.5 Å². The van der Waals surface area contributed by atoms with Gasteiger partial charge in [0.15, 0.2) is 12.2 Å². The predicted molar refractivity (Wildman–Crippen MR) is 95.7 cm³/mol. The minimum absolute atomic E-state index is 0.175. The van der Waals surface area contributed by atoms with Gasteiger partial charge in [-0.25, -0.2) is 9.59 Å². The topological polar surface area (TPSA) is 71.1 Å². The lowest BCUT2D eigenvalue weighted by atomic mass is 10.0. The van der Waals surface area contributed by atoms with Gasteiger partial charge >= 0.3 is 11.9 Å². The lowest BCUT2D eigenvalue weighted by Crippen LogP contribution is -2.39. The van der Waals surface area contributed by atoms with E-state index in [-0.39, 0.29) is 13.2 Å². The van der Waals surface area contributed by atoms with E-state index in [4.69, 9.17) is 18.9 Å². The molecule has 0 N–H and O–H groups in total. The Bertz CT molecular complexity index is 816. The Morgan fingerprint density at radius 1 is 0.815 bits per heavy atom. The fourth-order valence-electron chi connectivity index (χ4n) is 3.71. The van der Waals surface area contributed by atoms with Crippen LogP contribution in [-0.2, 0) is 34.3 Å². The minimum atomic E-state index is -1.35. The molecule has 27 heavy (non-hydrogen) atoms. The van der Waals surface area contributed by atoms with Crippen LogP contribution in [0.2, 0.25) is 0 Å². The molecule has 4 rings (SSSR count). The normalized spacial score (nSPS) is 21.6. The Labute approximate surface area is 157 Å². The highest BCUT2D eigenvalue weighted by molar-refractivity contribution is 5.88. The van der Waals surface area contributed by atoms with Crippen molar-refractivity contribution < 1.29 is 28.5 Å². The molecule has 2 unspecified atom stereocenters. The van der Waals surface area contributed by atoms with Gasteiger partial charge in [0, 0.05) is 11.1 Å². The van der Waals surface area contributed by atoms with E-state index in [1.807, 2.05) is 48.5 Å². The molecule has 1 aliphatic carbocycles. The monoisotopic (exact) mass is 368 g/mol. The van der Waals surface area contributed by atoms with E-state index >= 15 is 0 Å². The molecule has 6 nitrogen and oxygen atoms in total. The summed E-state index contributed by atoms with van der Waals surface area (Å²) in [5.41, 5.74) is 3.40. The zero-order valence-corrected chi connectivity index (χ0v) is 15.1. The molecular weight excluding hydrogens is 348 g/mol. The quantitative estimate of drug-likeness (QED) is 0.773. The number of fused-ring (bicyclic) bond motifs is 5. The zero-order chi connectivity index (χ0) is 19.0. The molecule has 0 aromatic heterocycles. The van der Waals surface area contributed by atoms with Crippen LogP contribution in [0.3, 0.4) is 0 Å². The first-order chi connectivity index (χ1) is 13.1. The molecular formula is C21H20O6. The fourth-order valence-corrected chi connectivity index (χ4v) is 3.71. The van der Waals surface area contributed by atoms with Crippen molar-refractivity contribution in [2.45, 2.75) is 31.8 Å². The van der Waals surface area contributed by atoms with E-state index in [0.29, 0.717) is 0 Å². The van der Waals surface area contributed by atoms with Crippen LogP contribution >= 0.6 is 0 Å². The molecule has 6 heteroatoms. The van der Waals surface area contributed by atoms with Crippen LogP contribution in [0.1, 0.15) is 25.0 Å². The molecule has 0 bridgehead atoms. The maximum Gasteiger partial charge on any atom is 0.338 e. The van der Waals surface area contributed by atoms with Gasteiger partial charge in [0.05, 0.1) is 13.2 Å². The minimum Gasteiger partial charge on any atom is -0.464 e. The van der Waals surface area contributed by atoms with Gasteiger partial charge in [-0.15, -0.1) is 0 Å². The van der Waals surface area contributed by atoms with E-state index in [0.717, 1.165) is 22.3 Å². The summed E-state index contributed by atoms with van der Waals surface area (Å²) in [6, 6.07) is 15.3. The molecule has 1 spiro atoms. The lowest BCUT2D eigenvalue weighted by molar-refractivity contribution is -0.173. The first-order valence-electron chi connectivity index (χ1n) is 9.00. The molecule has 0 amide bonds. The predicted octanol–water partition coefficient (Wildman–Crippen LogP) is 2.78. The summed E-state index contributed by atoms with van der Waals surface area (Å²) < 4.78 is 22.5. The van der Waals surface area contributed by atoms with Crippen molar-refractivity contribution in [3.8, 4) is 11.1 Å². The molecule has 1 heterocycles. The Morgan fingerprint density at radius 2 is 1.22 bits per heavy atom. The van der Waals surface area contributed by atoms with E-state index in [9.17, 15) is 9.59 Å². The van der Waals surface area contributed by atoms with Crippen molar-refractivity contribution in [3.05, 3.63) is 59.7 Å². The third-order valence-corrected chi connectivity index (χ3v) is 4.75. The number of rotatable bonds is 4. The Balaban J connectivity index is 1.83. The zero-order valence-electron chi connectivity index (χ0n) is 15.1. The molecule has 2 atom stereocenters. The summed E-state index contributed by atoms with van der Waals surface area (Å²) in [5.74, 6) is -2.63. The third-order valence-electron chi connectivity index (χ3n) is 4.75. The molecule has 2 aromatic carbocycles. The number of carbonyl (C=O) groups is 2. The molecule has 1 saturated heterocycles. The van der Waals surface area contributed by atoms with E-state index in [1.54, 1.807) is 13.8 Å². The first-order valence-corrected chi connectivity index (χ1v) is 9.00. The summed E-state index contributed by atoms with van der Waals surface area (Å²) >= 11 is 0.